The summed E-state index contributed by atoms with van der Waals surface area (Å²) in [4.78, 5) is 22.5. The molecule has 2 aliphatic carbocycles. The number of aliphatic carboxylic acids is 1. The summed E-state index contributed by atoms with van der Waals surface area (Å²) < 4.78 is 0. The molecule has 2 fully saturated rings. The van der Waals surface area contributed by atoms with E-state index in [0.29, 0.717) is 23.9 Å². The number of para-hydroxylation sites is 1. The second-order valence-electron chi connectivity index (χ2n) is 7.40. The molecule has 0 saturated heterocycles. The van der Waals surface area contributed by atoms with E-state index in [-0.39, 0.29) is 6.54 Å². The Kier molecular flexibility index (Phi) is 4.63. The van der Waals surface area contributed by atoms with E-state index in [4.69, 9.17) is 5.11 Å². The van der Waals surface area contributed by atoms with Gasteiger partial charge in [-0.2, -0.15) is 4.98 Å². The molecule has 7 heteroatoms. The van der Waals surface area contributed by atoms with Crippen molar-refractivity contribution in [3.63, 3.8) is 0 Å². The lowest BCUT2D eigenvalue weighted by Crippen LogP contribution is -2.52. The third-order valence-corrected chi connectivity index (χ3v) is 5.33. The first-order valence-electron chi connectivity index (χ1n) is 9.29. The van der Waals surface area contributed by atoms with Gasteiger partial charge in [-0.25, -0.2) is 4.98 Å². The van der Waals surface area contributed by atoms with Gasteiger partial charge in [-0.3, -0.25) is 9.69 Å². The van der Waals surface area contributed by atoms with Gasteiger partial charge in [0.25, 0.3) is 0 Å². The molecule has 0 atom stereocenters. The van der Waals surface area contributed by atoms with Crippen LogP contribution in [-0.4, -0.2) is 58.2 Å². The van der Waals surface area contributed by atoms with Crippen molar-refractivity contribution >= 4 is 28.6 Å². The molecule has 4 rings (SSSR count). The van der Waals surface area contributed by atoms with Crippen molar-refractivity contribution < 1.29 is 9.90 Å². The van der Waals surface area contributed by atoms with Crippen LogP contribution in [0.1, 0.15) is 25.7 Å². The largest absolute Gasteiger partial charge is 0.480 e. The van der Waals surface area contributed by atoms with Crippen LogP contribution >= 0.6 is 0 Å². The highest BCUT2D eigenvalue weighted by molar-refractivity contribution is 5.89. The molecular formula is C19H25N5O2. The second-order valence-corrected chi connectivity index (χ2v) is 7.40. The Bertz CT molecular complexity index is 802. The van der Waals surface area contributed by atoms with Crippen molar-refractivity contribution in [1.29, 1.82) is 0 Å². The molecule has 1 aromatic carbocycles. The molecule has 0 spiro atoms. The SMILES string of the molecule is CNc1nc(NC2CC(N(CC(=O)O)CC3CC3)C2)nc2ccccc12. The molecule has 138 valence electrons. The topological polar surface area (TPSA) is 90.4 Å². The van der Waals surface area contributed by atoms with E-state index in [9.17, 15) is 4.79 Å². The Morgan fingerprint density at radius 1 is 1.27 bits per heavy atom. The molecule has 26 heavy (non-hydrogen) atoms. The van der Waals surface area contributed by atoms with Gasteiger partial charge < -0.3 is 15.7 Å². The number of carboxylic acid groups (broad SMARTS) is 1. The quantitative estimate of drug-likeness (QED) is 0.670. The Labute approximate surface area is 152 Å². The molecule has 2 aromatic rings. The van der Waals surface area contributed by atoms with Gasteiger partial charge in [0.1, 0.15) is 5.82 Å². The lowest BCUT2D eigenvalue weighted by atomic mass is 9.85. The lowest BCUT2D eigenvalue weighted by Gasteiger charge is -2.42. The Morgan fingerprint density at radius 2 is 2.04 bits per heavy atom. The van der Waals surface area contributed by atoms with Crippen LogP contribution in [0.5, 0.6) is 0 Å². The molecule has 3 N–H and O–H groups in total. The summed E-state index contributed by atoms with van der Waals surface area (Å²) in [6.45, 7) is 1.06. The van der Waals surface area contributed by atoms with E-state index < -0.39 is 5.97 Å². The summed E-state index contributed by atoms with van der Waals surface area (Å²) in [5, 5.41) is 16.7. The van der Waals surface area contributed by atoms with E-state index >= 15 is 0 Å². The zero-order chi connectivity index (χ0) is 18.1. The fraction of sp³-hybridized carbons (Fsp3) is 0.526. The summed E-state index contributed by atoms with van der Waals surface area (Å²) in [6.07, 6.45) is 4.35. The van der Waals surface area contributed by atoms with Crippen molar-refractivity contribution in [1.82, 2.24) is 14.9 Å². The number of carbonyl (C=O) groups is 1. The molecular weight excluding hydrogens is 330 g/mol. The first kappa shape index (κ1) is 17.0. The first-order valence-corrected chi connectivity index (χ1v) is 9.29. The smallest absolute Gasteiger partial charge is 0.317 e. The summed E-state index contributed by atoms with van der Waals surface area (Å²) >= 11 is 0. The zero-order valence-electron chi connectivity index (χ0n) is 15.0. The summed E-state index contributed by atoms with van der Waals surface area (Å²) in [5.41, 5.74) is 0.909. The van der Waals surface area contributed by atoms with Crippen LogP contribution in [-0.2, 0) is 4.79 Å². The molecule has 0 unspecified atom stereocenters. The molecule has 0 amide bonds. The Hall–Kier alpha value is -2.41. The predicted octanol–water partition coefficient (Wildman–Crippen LogP) is 2.41. The van der Waals surface area contributed by atoms with Crippen molar-refractivity contribution in [2.45, 2.75) is 37.8 Å². The van der Waals surface area contributed by atoms with Gasteiger partial charge in [0.2, 0.25) is 5.95 Å². The molecule has 1 heterocycles. The number of benzene rings is 1. The number of fused-ring (bicyclic) bond motifs is 1. The van der Waals surface area contributed by atoms with Crippen LogP contribution in [0.25, 0.3) is 10.9 Å². The predicted molar refractivity (Wildman–Crippen MR) is 101 cm³/mol. The summed E-state index contributed by atoms with van der Waals surface area (Å²) in [5.74, 6) is 1.40. The fourth-order valence-electron chi connectivity index (χ4n) is 3.67. The van der Waals surface area contributed by atoms with E-state index in [1.807, 2.05) is 31.3 Å². The van der Waals surface area contributed by atoms with Crippen LogP contribution in [0, 0.1) is 5.92 Å². The zero-order valence-corrected chi connectivity index (χ0v) is 15.0. The van der Waals surface area contributed by atoms with Gasteiger partial charge in [0.15, 0.2) is 0 Å². The van der Waals surface area contributed by atoms with E-state index in [1.165, 1.54) is 12.8 Å². The van der Waals surface area contributed by atoms with Crippen molar-refractivity contribution in [3.05, 3.63) is 24.3 Å². The van der Waals surface area contributed by atoms with Crippen LogP contribution in [0.3, 0.4) is 0 Å². The van der Waals surface area contributed by atoms with Crippen LogP contribution in [0.2, 0.25) is 0 Å². The minimum absolute atomic E-state index is 0.143. The molecule has 2 aliphatic rings. The molecule has 1 aromatic heterocycles. The van der Waals surface area contributed by atoms with Crippen molar-refractivity contribution in [3.8, 4) is 0 Å². The molecule has 0 radical (unpaired) electrons. The van der Waals surface area contributed by atoms with Gasteiger partial charge >= 0.3 is 5.97 Å². The highest BCUT2D eigenvalue weighted by Gasteiger charge is 2.37. The minimum Gasteiger partial charge on any atom is -0.480 e. The lowest BCUT2D eigenvalue weighted by molar-refractivity contribution is -0.139. The molecule has 0 bridgehead atoms. The number of hydrogen-bond acceptors (Lipinski definition) is 6. The van der Waals surface area contributed by atoms with Crippen molar-refractivity contribution in [2.75, 3.05) is 30.8 Å². The Balaban J connectivity index is 1.40. The first-order chi connectivity index (χ1) is 12.6. The number of aromatic nitrogens is 2. The van der Waals surface area contributed by atoms with E-state index in [0.717, 1.165) is 36.1 Å². The number of hydrogen-bond donors (Lipinski definition) is 3. The third-order valence-electron chi connectivity index (χ3n) is 5.33. The van der Waals surface area contributed by atoms with E-state index in [1.54, 1.807) is 0 Å². The number of carboxylic acids is 1. The fourth-order valence-corrected chi connectivity index (χ4v) is 3.67. The maximum atomic E-state index is 11.1. The van der Waals surface area contributed by atoms with E-state index in [2.05, 4.69) is 25.5 Å². The summed E-state index contributed by atoms with van der Waals surface area (Å²) in [7, 11) is 1.86. The van der Waals surface area contributed by atoms with Gasteiger partial charge in [-0.1, -0.05) is 12.1 Å². The molecule has 2 saturated carbocycles. The average molecular weight is 355 g/mol. The standard InChI is InChI=1S/C19H25N5O2/c1-20-18-15-4-2-3-5-16(15)22-19(23-18)21-13-8-14(9-13)24(11-17(25)26)10-12-6-7-12/h2-5,12-14H,6-11H2,1H3,(H,25,26)(H2,20,21,22,23). The monoisotopic (exact) mass is 355 g/mol. The second kappa shape index (κ2) is 7.07. The normalized spacial score (nSPS) is 22.2. The average Bonchev–Trinajstić information content (AvgIpc) is 3.40. The van der Waals surface area contributed by atoms with Gasteiger partial charge in [0, 0.05) is 31.1 Å². The third kappa shape index (κ3) is 3.72. The van der Waals surface area contributed by atoms with Gasteiger partial charge in [-0.05, 0) is 43.7 Å². The summed E-state index contributed by atoms with van der Waals surface area (Å²) in [6, 6.07) is 8.57. The van der Waals surface area contributed by atoms with Crippen LogP contribution in [0.15, 0.2) is 24.3 Å². The maximum Gasteiger partial charge on any atom is 0.317 e. The van der Waals surface area contributed by atoms with Crippen LogP contribution < -0.4 is 10.6 Å². The highest BCUT2D eigenvalue weighted by Crippen LogP contribution is 2.34. The maximum absolute atomic E-state index is 11.1. The van der Waals surface area contributed by atoms with Gasteiger partial charge in [0.05, 0.1) is 12.1 Å². The van der Waals surface area contributed by atoms with Crippen LogP contribution in [0.4, 0.5) is 11.8 Å². The number of anilines is 2. The van der Waals surface area contributed by atoms with Crippen molar-refractivity contribution in [2.24, 2.45) is 5.92 Å². The highest BCUT2D eigenvalue weighted by atomic mass is 16.4. The van der Waals surface area contributed by atoms with Gasteiger partial charge in [-0.15, -0.1) is 0 Å². The minimum atomic E-state index is -0.737. The number of nitrogens with one attached hydrogen (secondary N) is 2. The number of rotatable bonds is 8. The number of nitrogens with zero attached hydrogens (tertiary/aromatic N) is 3. The Morgan fingerprint density at radius 3 is 2.73 bits per heavy atom. The molecule has 0 aliphatic heterocycles. The molecule has 7 nitrogen and oxygen atoms in total.